The molecule has 0 aromatic heterocycles. The van der Waals surface area contributed by atoms with Gasteiger partial charge < -0.3 is 10.1 Å². The number of esters is 1. The van der Waals surface area contributed by atoms with Gasteiger partial charge in [0, 0.05) is 0 Å². The number of nitrogens with one attached hydrogen (secondary N) is 1. The van der Waals surface area contributed by atoms with Crippen LogP contribution in [0.25, 0.3) is 0 Å². The Kier molecular flexibility index (Phi) is 7.62. The minimum atomic E-state index is -1.18. The summed E-state index contributed by atoms with van der Waals surface area (Å²) in [6.45, 7) is 5.18. The van der Waals surface area contributed by atoms with Crippen LogP contribution in [0.2, 0.25) is 10.0 Å². The van der Waals surface area contributed by atoms with Crippen LogP contribution in [0.15, 0.2) is 30.4 Å². The van der Waals surface area contributed by atoms with Crippen molar-refractivity contribution in [2.45, 2.75) is 52.2 Å². The highest BCUT2D eigenvalue weighted by molar-refractivity contribution is 6.44. The summed E-state index contributed by atoms with van der Waals surface area (Å²) in [5.41, 5.74) is 0.285. The molecule has 1 N–H and O–H groups in total. The van der Waals surface area contributed by atoms with Crippen LogP contribution < -0.4 is 5.32 Å². The van der Waals surface area contributed by atoms with Crippen LogP contribution in [0, 0.1) is 17.8 Å². The second-order valence-corrected chi connectivity index (χ2v) is 9.30. The Balaban J connectivity index is 1.73. The predicted octanol–water partition coefficient (Wildman–Crippen LogP) is 4.23. The van der Waals surface area contributed by atoms with E-state index in [2.05, 4.69) is 5.32 Å². The number of fused-ring (bicyclic) bond motifs is 1. The molecule has 4 unspecified atom stereocenters. The fraction of sp³-hybridized carbons (Fsp3) is 0.478. The molecule has 7 nitrogen and oxygen atoms in total. The van der Waals surface area contributed by atoms with Crippen molar-refractivity contribution < 1.29 is 23.9 Å². The summed E-state index contributed by atoms with van der Waals surface area (Å²) in [6, 6.07) is 3.69. The summed E-state index contributed by atoms with van der Waals surface area (Å²) < 4.78 is 5.39. The number of halogens is 2. The highest BCUT2D eigenvalue weighted by Crippen LogP contribution is 2.37. The summed E-state index contributed by atoms with van der Waals surface area (Å²) >= 11 is 12.1. The van der Waals surface area contributed by atoms with Gasteiger partial charge in [-0.15, -0.1) is 0 Å². The normalized spacial score (nSPS) is 22.0. The monoisotopic (exact) mass is 480 g/mol. The maximum absolute atomic E-state index is 13.0. The zero-order chi connectivity index (χ0) is 23.6. The number of rotatable bonds is 7. The lowest BCUT2D eigenvalue weighted by molar-refractivity contribution is -0.164. The minimum Gasteiger partial charge on any atom is -0.451 e. The van der Waals surface area contributed by atoms with Gasteiger partial charge in [0.1, 0.15) is 6.04 Å². The Hall–Kier alpha value is -2.38. The summed E-state index contributed by atoms with van der Waals surface area (Å²) in [5, 5.41) is 3.02. The van der Waals surface area contributed by atoms with E-state index in [1.165, 1.54) is 6.92 Å². The van der Waals surface area contributed by atoms with Gasteiger partial charge in [-0.3, -0.25) is 19.3 Å². The number of nitrogens with zero attached hydrogens (tertiary/aromatic N) is 1. The molecule has 1 aliphatic carbocycles. The van der Waals surface area contributed by atoms with Crippen molar-refractivity contribution in [1.82, 2.24) is 4.90 Å². The van der Waals surface area contributed by atoms with E-state index in [-0.39, 0.29) is 39.9 Å². The van der Waals surface area contributed by atoms with Gasteiger partial charge in [-0.1, -0.05) is 55.3 Å². The van der Waals surface area contributed by atoms with Gasteiger partial charge in [-0.05, 0) is 44.2 Å². The Morgan fingerprint density at radius 1 is 1.09 bits per heavy atom. The van der Waals surface area contributed by atoms with Crippen LogP contribution in [-0.4, -0.2) is 40.7 Å². The van der Waals surface area contributed by atoms with E-state index < -0.39 is 35.9 Å². The fourth-order valence-corrected chi connectivity index (χ4v) is 4.38. The first-order valence-electron chi connectivity index (χ1n) is 10.6. The smallest absolute Gasteiger partial charge is 0.330 e. The highest BCUT2D eigenvalue weighted by Gasteiger charge is 2.51. The lowest BCUT2D eigenvalue weighted by Crippen LogP contribution is -2.48. The number of carbonyl (C=O) groups excluding carboxylic acids is 4. The first-order valence-corrected chi connectivity index (χ1v) is 11.3. The third-order valence-electron chi connectivity index (χ3n) is 5.69. The number of allylic oxidation sites excluding steroid dienone is 2. The quantitative estimate of drug-likeness (QED) is 0.358. The van der Waals surface area contributed by atoms with E-state index in [1.807, 2.05) is 26.0 Å². The molecule has 172 valence electrons. The average Bonchev–Trinajstić information content (AvgIpc) is 3.00. The van der Waals surface area contributed by atoms with Gasteiger partial charge in [-0.25, -0.2) is 4.79 Å². The maximum atomic E-state index is 13.0. The number of anilines is 1. The molecule has 1 aliphatic heterocycles. The van der Waals surface area contributed by atoms with E-state index in [0.717, 1.165) is 4.90 Å². The highest BCUT2D eigenvalue weighted by atomic mass is 35.5. The lowest BCUT2D eigenvalue weighted by atomic mass is 9.85. The first kappa shape index (κ1) is 24.3. The van der Waals surface area contributed by atoms with Crippen LogP contribution in [0.1, 0.15) is 40.0 Å². The Bertz CT molecular complexity index is 936. The molecule has 1 heterocycles. The van der Waals surface area contributed by atoms with Gasteiger partial charge >= 0.3 is 5.97 Å². The van der Waals surface area contributed by atoms with E-state index in [9.17, 15) is 19.2 Å². The molecule has 32 heavy (non-hydrogen) atoms. The number of amides is 3. The maximum Gasteiger partial charge on any atom is 0.330 e. The third-order valence-corrected chi connectivity index (χ3v) is 6.51. The SMILES string of the molecule is CC(C)CC(C(=O)OC(C)C(=O)Nc1cccc(Cl)c1Cl)N1C(=O)C2CC=CCC2C1=O. The summed E-state index contributed by atoms with van der Waals surface area (Å²) in [7, 11) is 0. The van der Waals surface area contributed by atoms with Gasteiger partial charge in [0.25, 0.3) is 5.91 Å². The van der Waals surface area contributed by atoms with E-state index in [4.69, 9.17) is 27.9 Å². The standard InChI is InChI=1S/C23H26Cl2N2O5/c1-12(2)11-18(27-21(29)14-7-4-5-8-15(14)22(27)30)23(31)32-13(3)20(28)26-17-10-6-9-16(24)19(17)25/h4-6,9-10,12-15,18H,7-8,11H2,1-3H3,(H,26,28). The van der Waals surface area contributed by atoms with Crippen molar-refractivity contribution in [1.29, 1.82) is 0 Å². The predicted molar refractivity (Wildman–Crippen MR) is 121 cm³/mol. The largest absolute Gasteiger partial charge is 0.451 e. The molecule has 0 saturated carbocycles. The molecule has 0 radical (unpaired) electrons. The van der Waals surface area contributed by atoms with E-state index in [0.29, 0.717) is 12.8 Å². The van der Waals surface area contributed by atoms with Crippen molar-refractivity contribution in [3.8, 4) is 0 Å². The van der Waals surface area contributed by atoms with Crippen LogP contribution in [0.5, 0.6) is 0 Å². The number of hydrogen-bond donors (Lipinski definition) is 1. The minimum absolute atomic E-state index is 0.0169. The van der Waals surface area contributed by atoms with E-state index >= 15 is 0 Å². The van der Waals surface area contributed by atoms with Crippen molar-refractivity contribution >= 4 is 52.6 Å². The molecule has 3 rings (SSSR count). The molecule has 1 aromatic rings. The molecule has 1 fully saturated rings. The van der Waals surface area contributed by atoms with Gasteiger partial charge in [0.15, 0.2) is 6.10 Å². The Morgan fingerprint density at radius 2 is 1.69 bits per heavy atom. The van der Waals surface area contributed by atoms with Gasteiger partial charge in [0.2, 0.25) is 11.8 Å². The molecule has 2 aliphatic rings. The summed E-state index contributed by atoms with van der Waals surface area (Å²) in [4.78, 5) is 52.6. The molecule has 1 saturated heterocycles. The fourth-order valence-electron chi connectivity index (χ4n) is 4.03. The summed E-state index contributed by atoms with van der Waals surface area (Å²) in [5.74, 6) is -2.97. The molecule has 9 heteroatoms. The number of benzene rings is 1. The number of imide groups is 1. The molecule has 0 spiro atoms. The van der Waals surface area contributed by atoms with Crippen LogP contribution in [0.3, 0.4) is 0 Å². The molecule has 3 amide bonds. The van der Waals surface area contributed by atoms with Crippen LogP contribution in [0.4, 0.5) is 5.69 Å². The van der Waals surface area contributed by atoms with Gasteiger partial charge in [0.05, 0.1) is 27.6 Å². The zero-order valence-electron chi connectivity index (χ0n) is 18.1. The molecular weight excluding hydrogens is 455 g/mol. The van der Waals surface area contributed by atoms with Crippen molar-refractivity contribution in [2.75, 3.05) is 5.32 Å². The number of ether oxygens (including phenoxy) is 1. The Morgan fingerprint density at radius 3 is 2.25 bits per heavy atom. The Labute approximate surface area is 197 Å². The molecular formula is C23H26Cl2N2O5. The van der Waals surface area contributed by atoms with E-state index in [1.54, 1.807) is 18.2 Å². The van der Waals surface area contributed by atoms with Crippen LogP contribution >= 0.6 is 23.2 Å². The number of hydrogen-bond acceptors (Lipinski definition) is 5. The average molecular weight is 481 g/mol. The van der Waals surface area contributed by atoms with Crippen molar-refractivity contribution in [3.05, 3.63) is 40.4 Å². The third kappa shape index (κ3) is 4.99. The molecule has 0 bridgehead atoms. The summed E-state index contributed by atoms with van der Waals surface area (Å²) in [6.07, 6.45) is 3.81. The van der Waals surface area contributed by atoms with Crippen LogP contribution in [-0.2, 0) is 23.9 Å². The zero-order valence-corrected chi connectivity index (χ0v) is 19.7. The first-order chi connectivity index (χ1) is 15.1. The number of carbonyl (C=O) groups is 4. The van der Waals surface area contributed by atoms with Crippen molar-refractivity contribution in [3.63, 3.8) is 0 Å². The van der Waals surface area contributed by atoms with Gasteiger partial charge in [-0.2, -0.15) is 0 Å². The molecule has 4 atom stereocenters. The lowest BCUT2D eigenvalue weighted by Gasteiger charge is -2.27. The second-order valence-electron chi connectivity index (χ2n) is 8.52. The molecule has 1 aromatic carbocycles. The van der Waals surface area contributed by atoms with Crippen molar-refractivity contribution in [2.24, 2.45) is 17.8 Å². The number of likely N-dealkylation sites (tertiary alicyclic amines) is 1. The topological polar surface area (TPSA) is 92.8 Å². The second kappa shape index (κ2) is 10.0.